The molecule has 0 amide bonds. The maximum absolute atomic E-state index is 12.9. The van der Waals surface area contributed by atoms with Gasteiger partial charge in [-0.05, 0) is 123 Å². The fourth-order valence-electron chi connectivity index (χ4n) is 8.65. The molecule has 1 unspecified atom stereocenters. The van der Waals surface area contributed by atoms with Gasteiger partial charge in [-0.1, -0.05) is 72.8 Å². The first-order valence-corrected chi connectivity index (χ1v) is 25.9. The largest absolute Gasteiger partial charge is 1.00 e. The SMILES string of the molecule is Cc1cccc(C)c1N(CCCSc1ccccc1)c1ccc2c(-c3ccccc3S(=O)(=O)[O-])c3ccc(=[N+](CCCSc4ccccc4)c4c(C)cc(S(=O)[O-])cc4C)cc-3oc2c1.[Na+]. The van der Waals surface area contributed by atoms with Gasteiger partial charge >= 0.3 is 29.6 Å². The minimum atomic E-state index is -4.87. The summed E-state index contributed by atoms with van der Waals surface area (Å²) in [4.78, 5) is 4.65. The second-order valence-electron chi connectivity index (χ2n) is 16.0. The number of aryl methyl sites for hydroxylation is 4. The maximum atomic E-state index is 12.9. The Kier molecular flexibility index (Phi) is 16.5. The Morgan fingerprint density at radius 1 is 0.667 bits per heavy atom. The van der Waals surface area contributed by atoms with Gasteiger partial charge in [0.1, 0.15) is 28.0 Å². The summed E-state index contributed by atoms with van der Waals surface area (Å²) in [6.45, 7) is 9.43. The van der Waals surface area contributed by atoms with Gasteiger partial charge in [-0.2, -0.15) is 4.58 Å². The van der Waals surface area contributed by atoms with Crippen molar-refractivity contribution in [3.63, 3.8) is 0 Å². The molecule has 6 aromatic rings. The molecule has 0 aromatic heterocycles. The van der Waals surface area contributed by atoms with Crippen LogP contribution < -0.4 is 44.4 Å². The number of benzene rings is 7. The predicted octanol–water partition coefficient (Wildman–Crippen LogP) is 9.19. The Bertz CT molecular complexity index is 3140. The van der Waals surface area contributed by atoms with Crippen LogP contribution in [-0.2, 0) is 21.2 Å². The zero-order chi connectivity index (χ0) is 45.7. The van der Waals surface area contributed by atoms with Crippen LogP contribution in [0.15, 0.2) is 176 Å². The molecule has 0 saturated carbocycles. The molecule has 1 heterocycles. The van der Waals surface area contributed by atoms with Crippen molar-refractivity contribution in [3.05, 3.63) is 179 Å². The molecule has 0 saturated heterocycles. The van der Waals surface area contributed by atoms with Crippen LogP contribution in [0, 0.1) is 27.7 Å². The van der Waals surface area contributed by atoms with Crippen LogP contribution in [0.25, 0.3) is 33.4 Å². The van der Waals surface area contributed by atoms with E-state index in [0.717, 1.165) is 75.6 Å². The first-order valence-electron chi connectivity index (χ1n) is 21.4. The molecule has 13 heteroatoms. The van der Waals surface area contributed by atoms with Crippen LogP contribution in [0.3, 0.4) is 0 Å². The molecule has 2 aliphatic rings. The Morgan fingerprint density at radius 3 is 1.89 bits per heavy atom. The van der Waals surface area contributed by atoms with E-state index in [2.05, 4.69) is 77.9 Å². The quantitative estimate of drug-likeness (QED) is 0.0178. The molecule has 0 radical (unpaired) electrons. The Balaban J connectivity index is 0.00000648. The molecular weight excluding hydrogens is 912 g/mol. The summed E-state index contributed by atoms with van der Waals surface area (Å²) in [5, 5.41) is 1.47. The fraction of sp³-hybridized carbons (Fsp3) is 0.189. The molecule has 6 aromatic carbocycles. The van der Waals surface area contributed by atoms with Crippen LogP contribution in [0.2, 0.25) is 0 Å². The smallest absolute Gasteiger partial charge is 0.768 e. The van der Waals surface area contributed by atoms with Gasteiger partial charge in [0.05, 0.1) is 11.0 Å². The van der Waals surface area contributed by atoms with Gasteiger partial charge in [0.2, 0.25) is 11.0 Å². The van der Waals surface area contributed by atoms with Gasteiger partial charge in [0.15, 0.2) is 0 Å². The zero-order valence-electron chi connectivity index (χ0n) is 37.7. The van der Waals surface area contributed by atoms with Crippen molar-refractivity contribution in [1.82, 2.24) is 4.58 Å². The second kappa shape index (κ2) is 22.1. The maximum Gasteiger partial charge on any atom is 1.00 e. The third kappa shape index (κ3) is 11.3. The van der Waals surface area contributed by atoms with E-state index in [9.17, 15) is 21.7 Å². The summed E-state index contributed by atoms with van der Waals surface area (Å²) in [5.74, 6) is 2.26. The van der Waals surface area contributed by atoms with E-state index in [1.54, 1.807) is 42.1 Å². The zero-order valence-corrected chi connectivity index (χ0v) is 42.9. The molecule has 0 bridgehead atoms. The van der Waals surface area contributed by atoms with Crippen LogP contribution in [0.1, 0.15) is 35.1 Å². The van der Waals surface area contributed by atoms with Crippen molar-refractivity contribution in [2.45, 2.75) is 60.1 Å². The summed E-state index contributed by atoms with van der Waals surface area (Å²) in [6.07, 6.45) is 1.70. The second-order valence-corrected chi connectivity index (χ2v) is 20.6. The van der Waals surface area contributed by atoms with E-state index in [0.29, 0.717) is 40.0 Å². The molecule has 0 spiro atoms. The Hall–Kier alpha value is -4.47. The van der Waals surface area contributed by atoms with Gasteiger partial charge in [0, 0.05) is 90.1 Å². The summed E-state index contributed by atoms with van der Waals surface area (Å²) in [6, 6.07) is 48.6. The number of anilines is 2. The van der Waals surface area contributed by atoms with E-state index < -0.39 is 21.2 Å². The average Bonchev–Trinajstić information content (AvgIpc) is 3.29. The number of thioether (sulfide) groups is 2. The minimum absolute atomic E-state index is 0. The number of para-hydroxylation sites is 1. The minimum Gasteiger partial charge on any atom is -0.768 e. The molecule has 66 heavy (non-hydrogen) atoms. The first-order chi connectivity index (χ1) is 31.4. The van der Waals surface area contributed by atoms with Gasteiger partial charge in [-0.25, -0.2) is 8.42 Å². The summed E-state index contributed by atoms with van der Waals surface area (Å²) < 4.78 is 72.0. The Labute approximate surface area is 420 Å². The van der Waals surface area contributed by atoms with E-state index in [1.165, 1.54) is 15.9 Å². The van der Waals surface area contributed by atoms with Crippen molar-refractivity contribution in [2.75, 3.05) is 29.5 Å². The topological polar surface area (TPSA) is 117 Å². The molecule has 1 atom stereocenters. The van der Waals surface area contributed by atoms with Crippen LogP contribution in [0.4, 0.5) is 17.1 Å². The van der Waals surface area contributed by atoms with Gasteiger partial charge < -0.3 is 18.4 Å². The van der Waals surface area contributed by atoms with E-state index in [1.807, 2.05) is 86.3 Å². The molecule has 8 nitrogen and oxygen atoms in total. The third-order valence-corrected chi connectivity index (χ3v) is 15.2. The van der Waals surface area contributed by atoms with Crippen LogP contribution in [0.5, 0.6) is 0 Å². The van der Waals surface area contributed by atoms with Crippen molar-refractivity contribution in [3.8, 4) is 22.5 Å². The fourth-order valence-corrected chi connectivity index (χ4v) is 11.6. The molecule has 0 fully saturated rings. The molecule has 8 rings (SSSR count). The molecule has 1 aliphatic heterocycles. The number of fused-ring (bicyclic) bond motifs is 2. The van der Waals surface area contributed by atoms with Crippen molar-refractivity contribution in [2.24, 2.45) is 0 Å². The number of rotatable bonds is 16. The summed E-state index contributed by atoms with van der Waals surface area (Å²) in [5.41, 5.74) is 8.84. The summed E-state index contributed by atoms with van der Waals surface area (Å²) >= 11 is 1.21. The molecular formula is C53H49N2NaO6S4. The molecule has 1 aliphatic carbocycles. The van der Waals surface area contributed by atoms with Gasteiger partial charge in [-0.15, -0.1) is 23.5 Å². The number of hydrogen-bond donors (Lipinski definition) is 0. The van der Waals surface area contributed by atoms with Crippen LogP contribution in [-0.4, -0.2) is 46.3 Å². The van der Waals surface area contributed by atoms with E-state index in [4.69, 9.17) is 4.42 Å². The third-order valence-electron chi connectivity index (χ3n) is 11.5. The standard InChI is InChI=1S/C53H50N2O6S4.Na/c1-36-16-13-17-37(2)52(36)54(28-14-30-62-42-18-7-5-8-19-42)40-24-26-45-48(34-40)61-49-35-41(25-27-46(49)51(45)47-22-11-12-23-50(47)65(58,59)60)55(29-15-31-63-43-20-9-6-10-21-43)53-38(3)32-44(64(56)57)33-39(53)4;/h5-13,16-27,32-35H,14-15,28-31H2,1-4H3,(H-,56,57,58,59,60);/q;+1/p-1. The molecule has 0 N–H and O–H groups in total. The monoisotopic (exact) mass is 960 g/mol. The normalized spacial score (nSPS) is 12.5. The van der Waals surface area contributed by atoms with Crippen molar-refractivity contribution < 1.29 is 55.7 Å². The summed E-state index contributed by atoms with van der Waals surface area (Å²) in [7, 11) is -4.87. The number of nitrogens with zero attached hydrogens (tertiary/aromatic N) is 2. The predicted molar refractivity (Wildman–Crippen MR) is 266 cm³/mol. The first kappa shape index (κ1) is 49.4. The van der Waals surface area contributed by atoms with Gasteiger partial charge in [-0.3, -0.25) is 4.21 Å². The van der Waals surface area contributed by atoms with Crippen LogP contribution >= 0.6 is 23.5 Å². The van der Waals surface area contributed by atoms with E-state index >= 15 is 0 Å². The van der Waals surface area contributed by atoms with Crippen molar-refractivity contribution >= 4 is 72.8 Å². The number of hydrogen-bond acceptors (Lipinski definition) is 9. The van der Waals surface area contributed by atoms with Gasteiger partial charge in [0.25, 0.3) is 0 Å². The average molecular weight is 961 g/mol. The van der Waals surface area contributed by atoms with Crippen molar-refractivity contribution in [1.29, 1.82) is 0 Å². The Morgan fingerprint density at radius 2 is 1.27 bits per heavy atom. The van der Waals surface area contributed by atoms with E-state index in [-0.39, 0.29) is 39.3 Å². The molecule has 332 valence electrons.